The summed E-state index contributed by atoms with van der Waals surface area (Å²) < 4.78 is 5.19. The van der Waals surface area contributed by atoms with Crippen molar-refractivity contribution in [3.8, 4) is 0 Å². The van der Waals surface area contributed by atoms with Crippen LogP contribution in [0, 0.1) is 5.92 Å². The molecular weight excluding hydrogens is 238 g/mol. The Hall–Kier alpha value is -1.45. The molecule has 0 aliphatic heterocycles. The average molecular weight is 257 g/mol. The highest BCUT2D eigenvalue weighted by Gasteiger charge is 2.44. The van der Waals surface area contributed by atoms with E-state index in [2.05, 4.69) is 11.1 Å². The van der Waals surface area contributed by atoms with Gasteiger partial charge in [0.05, 0.1) is 17.7 Å². The van der Waals surface area contributed by atoms with Gasteiger partial charge in [0.25, 0.3) is 0 Å². The summed E-state index contributed by atoms with van der Waals surface area (Å²) in [7, 11) is 1.64. The van der Waals surface area contributed by atoms with Crippen LogP contribution in [0.2, 0.25) is 0 Å². The number of hydrogen-bond acceptors (Lipinski definition) is 3. The summed E-state index contributed by atoms with van der Waals surface area (Å²) in [6.07, 6.45) is 2.75. The molecule has 2 aromatic rings. The molecule has 0 spiro atoms. The van der Waals surface area contributed by atoms with Gasteiger partial charge in [-0.05, 0) is 30.9 Å². The standard InChI is InChI=1S/C16H19NO2/c1-19-11-16(18,13-7-8-13)10-14-9-6-12-4-2-3-5-15(12)17-14/h2-6,9,13,18H,7-8,10-11H2,1H3. The summed E-state index contributed by atoms with van der Waals surface area (Å²) in [6.45, 7) is 0.381. The molecule has 1 heterocycles. The van der Waals surface area contributed by atoms with Crippen LogP contribution in [0.15, 0.2) is 36.4 Å². The Kier molecular flexibility index (Phi) is 3.25. The van der Waals surface area contributed by atoms with Crippen LogP contribution >= 0.6 is 0 Å². The lowest BCUT2D eigenvalue weighted by molar-refractivity contribution is -0.0480. The van der Waals surface area contributed by atoms with E-state index in [0.717, 1.165) is 29.4 Å². The number of methoxy groups -OCH3 is 1. The zero-order valence-corrected chi connectivity index (χ0v) is 11.2. The predicted octanol–water partition coefficient (Wildman–Crippen LogP) is 2.56. The Morgan fingerprint density at radius 1 is 1.26 bits per heavy atom. The maximum Gasteiger partial charge on any atom is 0.0963 e. The van der Waals surface area contributed by atoms with Gasteiger partial charge >= 0.3 is 0 Å². The molecular formula is C16H19NO2. The van der Waals surface area contributed by atoms with E-state index in [0.29, 0.717) is 18.9 Å². The van der Waals surface area contributed by atoms with Crippen molar-refractivity contribution in [1.82, 2.24) is 4.98 Å². The monoisotopic (exact) mass is 257 g/mol. The largest absolute Gasteiger partial charge is 0.387 e. The number of rotatable bonds is 5. The molecule has 0 bridgehead atoms. The molecule has 0 saturated heterocycles. The van der Waals surface area contributed by atoms with Crippen molar-refractivity contribution in [2.24, 2.45) is 5.92 Å². The first-order valence-corrected chi connectivity index (χ1v) is 6.77. The van der Waals surface area contributed by atoms with Crippen LogP contribution in [0.4, 0.5) is 0 Å². The summed E-state index contributed by atoms with van der Waals surface area (Å²) in [4.78, 5) is 4.64. The SMILES string of the molecule is COCC(O)(Cc1ccc2ccccc2n1)C1CC1. The van der Waals surface area contributed by atoms with Crippen molar-refractivity contribution in [3.63, 3.8) is 0 Å². The lowest BCUT2D eigenvalue weighted by atomic mass is 9.92. The van der Waals surface area contributed by atoms with Crippen molar-refractivity contribution < 1.29 is 9.84 Å². The Morgan fingerprint density at radius 3 is 2.79 bits per heavy atom. The van der Waals surface area contributed by atoms with Gasteiger partial charge in [0, 0.05) is 24.6 Å². The van der Waals surface area contributed by atoms with E-state index in [1.807, 2.05) is 30.3 Å². The Morgan fingerprint density at radius 2 is 2.05 bits per heavy atom. The number of hydrogen-bond donors (Lipinski definition) is 1. The molecule has 1 aliphatic rings. The summed E-state index contributed by atoms with van der Waals surface area (Å²) in [6, 6.07) is 12.1. The third-order valence-electron chi connectivity index (χ3n) is 3.87. The van der Waals surface area contributed by atoms with Gasteiger partial charge in [0.1, 0.15) is 0 Å². The summed E-state index contributed by atoms with van der Waals surface area (Å²) in [5, 5.41) is 11.8. The molecule has 1 unspecified atom stereocenters. The van der Waals surface area contributed by atoms with Crippen LogP contribution in [0.25, 0.3) is 10.9 Å². The minimum atomic E-state index is -0.760. The lowest BCUT2D eigenvalue weighted by Crippen LogP contribution is -2.39. The normalized spacial score (nSPS) is 18.4. The van der Waals surface area contributed by atoms with E-state index in [1.165, 1.54) is 0 Å². The third-order valence-corrected chi connectivity index (χ3v) is 3.87. The second-order valence-corrected chi connectivity index (χ2v) is 5.48. The number of nitrogens with zero attached hydrogens (tertiary/aromatic N) is 1. The molecule has 1 saturated carbocycles. The molecule has 1 fully saturated rings. The summed E-state index contributed by atoms with van der Waals surface area (Å²) in [5.74, 6) is 0.362. The maximum absolute atomic E-state index is 10.7. The second kappa shape index (κ2) is 4.91. The molecule has 0 amide bonds. The Balaban J connectivity index is 1.87. The second-order valence-electron chi connectivity index (χ2n) is 5.48. The molecule has 1 aromatic heterocycles. The zero-order chi connectivity index (χ0) is 13.3. The Labute approximate surface area is 113 Å². The highest BCUT2D eigenvalue weighted by molar-refractivity contribution is 5.78. The van der Waals surface area contributed by atoms with Crippen LogP contribution < -0.4 is 0 Å². The summed E-state index contributed by atoms with van der Waals surface area (Å²) >= 11 is 0. The van der Waals surface area contributed by atoms with Gasteiger partial charge in [-0.25, -0.2) is 0 Å². The van der Waals surface area contributed by atoms with Gasteiger partial charge < -0.3 is 9.84 Å². The fourth-order valence-electron chi connectivity index (χ4n) is 2.70. The van der Waals surface area contributed by atoms with E-state index in [-0.39, 0.29) is 0 Å². The fraction of sp³-hybridized carbons (Fsp3) is 0.438. The number of ether oxygens (including phenoxy) is 1. The minimum Gasteiger partial charge on any atom is -0.387 e. The van der Waals surface area contributed by atoms with E-state index < -0.39 is 5.60 Å². The smallest absolute Gasteiger partial charge is 0.0963 e. The van der Waals surface area contributed by atoms with Gasteiger partial charge in [-0.1, -0.05) is 24.3 Å². The lowest BCUT2D eigenvalue weighted by Gasteiger charge is -2.27. The number of aliphatic hydroxyl groups is 1. The van der Waals surface area contributed by atoms with Crippen molar-refractivity contribution in [2.45, 2.75) is 24.9 Å². The van der Waals surface area contributed by atoms with Gasteiger partial charge in [-0.3, -0.25) is 4.98 Å². The van der Waals surface area contributed by atoms with Crippen molar-refractivity contribution in [2.75, 3.05) is 13.7 Å². The van der Waals surface area contributed by atoms with E-state index in [1.54, 1.807) is 7.11 Å². The van der Waals surface area contributed by atoms with Crippen LogP contribution in [-0.2, 0) is 11.2 Å². The number of benzene rings is 1. The summed E-state index contributed by atoms with van der Waals surface area (Å²) in [5.41, 5.74) is 1.16. The van der Waals surface area contributed by atoms with Crippen LogP contribution in [0.5, 0.6) is 0 Å². The minimum absolute atomic E-state index is 0.362. The molecule has 3 nitrogen and oxygen atoms in total. The molecule has 1 aromatic carbocycles. The molecule has 3 rings (SSSR count). The van der Waals surface area contributed by atoms with Crippen molar-refractivity contribution in [1.29, 1.82) is 0 Å². The number of pyridine rings is 1. The predicted molar refractivity (Wildman–Crippen MR) is 75.0 cm³/mol. The van der Waals surface area contributed by atoms with E-state index in [4.69, 9.17) is 4.74 Å². The average Bonchev–Trinajstić information content (AvgIpc) is 3.23. The number of para-hydroxylation sites is 1. The molecule has 1 N–H and O–H groups in total. The van der Waals surface area contributed by atoms with Gasteiger partial charge in [-0.15, -0.1) is 0 Å². The number of aromatic nitrogens is 1. The van der Waals surface area contributed by atoms with E-state index >= 15 is 0 Å². The van der Waals surface area contributed by atoms with Crippen LogP contribution in [-0.4, -0.2) is 29.4 Å². The first kappa shape index (κ1) is 12.6. The molecule has 1 aliphatic carbocycles. The van der Waals surface area contributed by atoms with E-state index in [9.17, 15) is 5.11 Å². The van der Waals surface area contributed by atoms with Crippen molar-refractivity contribution >= 4 is 10.9 Å². The quantitative estimate of drug-likeness (QED) is 0.895. The first-order valence-electron chi connectivity index (χ1n) is 6.77. The van der Waals surface area contributed by atoms with Gasteiger partial charge in [-0.2, -0.15) is 0 Å². The molecule has 3 heteroatoms. The van der Waals surface area contributed by atoms with Crippen LogP contribution in [0.3, 0.4) is 0 Å². The zero-order valence-electron chi connectivity index (χ0n) is 11.2. The molecule has 19 heavy (non-hydrogen) atoms. The maximum atomic E-state index is 10.7. The first-order chi connectivity index (χ1) is 9.21. The third kappa shape index (κ3) is 2.62. The van der Waals surface area contributed by atoms with Crippen molar-refractivity contribution in [3.05, 3.63) is 42.1 Å². The fourth-order valence-corrected chi connectivity index (χ4v) is 2.70. The highest BCUT2D eigenvalue weighted by Crippen LogP contribution is 2.41. The number of fused-ring (bicyclic) bond motifs is 1. The highest BCUT2D eigenvalue weighted by atomic mass is 16.5. The molecule has 1 atom stereocenters. The molecule has 0 radical (unpaired) electrons. The molecule has 100 valence electrons. The van der Waals surface area contributed by atoms with Crippen LogP contribution in [0.1, 0.15) is 18.5 Å². The van der Waals surface area contributed by atoms with Gasteiger partial charge in [0.2, 0.25) is 0 Å². The Bertz CT molecular complexity index is 580. The van der Waals surface area contributed by atoms with Gasteiger partial charge in [0.15, 0.2) is 0 Å². The topological polar surface area (TPSA) is 42.4 Å².